The molecule has 0 radical (unpaired) electrons. The van der Waals surface area contributed by atoms with Gasteiger partial charge in [0.05, 0.1) is 11.3 Å². The molecule has 136 valence electrons. The second kappa shape index (κ2) is 6.44. The first-order chi connectivity index (χ1) is 12.2. The van der Waals surface area contributed by atoms with Gasteiger partial charge in [0, 0.05) is 12.5 Å². The van der Waals surface area contributed by atoms with Crippen LogP contribution < -0.4 is 10.6 Å². The summed E-state index contributed by atoms with van der Waals surface area (Å²) in [6.45, 7) is -0.144. The van der Waals surface area contributed by atoms with Crippen molar-refractivity contribution in [3.63, 3.8) is 0 Å². The second-order valence-electron chi connectivity index (χ2n) is 6.01. The third-order valence-corrected chi connectivity index (χ3v) is 4.41. The molecule has 2 aromatic rings. The molecule has 4 nitrogen and oxygen atoms in total. The van der Waals surface area contributed by atoms with Gasteiger partial charge in [-0.25, -0.2) is 4.39 Å². The highest BCUT2D eigenvalue weighted by atomic mass is 19.4. The Bertz CT molecular complexity index is 866. The van der Waals surface area contributed by atoms with Crippen LogP contribution in [0, 0.1) is 11.7 Å². The molecule has 0 unspecified atom stereocenters. The van der Waals surface area contributed by atoms with Crippen molar-refractivity contribution >= 4 is 17.5 Å². The summed E-state index contributed by atoms with van der Waals surface area (Å²) in [7, 11) is 0. The topological polar surface area (TPSA) is 63.4 Å². The van der Waals surface area contributed by atoms with Crippen molar-refractivity contribution in [1.29, 1.82) is 0 Å². The van der Waals surface area contributed by atoms with E-state index in [1.54, 1.807) is 0 Å². The zero-order valence-corrected chi connectivity index (χ0v) is 13.3. The van der Waals surface area contributed by atoms with E-state index >= 15 is 0 Å². The summed E-state index contributed by atoms with van der Waals surface area (Å²) in [6.07, 6.45) is -4.56. The monoisotopic (exact) mass is 366 g/mol. The van der Waals surface area contributed by atoms with Gasteiger partial charge in [0.15, 0.2) is 0 Å². The van der Waals surface area contributed by atoms with Crippen LogP contribution in [0.2, 0.25) is 0 Å². The molecule has 2 N–H and O–H groups in total. The number of amides is 2. The van der Waals surface area contributed by atoms with Gasteiger partial charge < -0.3 is 10.6 Å². The molecule has 2 amide bonds. The molecule has 1 aliphatic heterocycles. The lowest BCUT2D eigenvalue weighted by Crippen LogP contribution is -2.34. The minimum Gasteiger partial charge on any atom is -0.369 e. The highest BCUT2D eigenvalue weighted by Gasteiger charge is 2.46. The standard InChI is InChI=1S/C18H14F4N2O2/c19-13-6-1-2-7-14(13)24-9-12(15(16(23)25)17(24)26)10-4-3-5-11(8-10)18(20,21)22/h1-8,12,15H,9H2,(H2,23,25)/t12-,15-/m1/s1. The molecule has 1 heterocycles. The molecule has 0 aromatic heterocycles. The molecular formula is C18H14F4N2O2. The maximum atomic E-state index is 14.0. The summed E-state index contributed by atoms with van der Waals surface area (Å²) in [5, 5.41) is 0. The highest BCUT2D eigenvalue weighted by molar-refractivity contribution is 6.10. The zero-order chi connectivity index (χ0) is 19.1. The zero-order valence-electron chi connectivity index (χ0n) is 13.3. The van der Waals surface area contributed by atoms with E-state index < -0.39 is 41.2 Å². The third-order valence-electron chi connectivity index (χ3n) is 4.41. The Morgan fingerprint density at radius 1 is 1.12 bits per heavy atom. The molecule has 1 saturated heterocycles. The van der Waals surface area contributed by atoms with E-state index in [1.165, 1.54) is 30.3 Å². The second-order valence-corrected chi connectivity index (χ2v) is 6.01. The fourth-order valence-electron chi connectivity index (χ4n) is 3.18. The van der Waals surface area contributed by atoms with Crippen LogP contribution in [0.4, 0.5) is 23.2 Å². The van der Waals surface area contributed by atoms with Gasteiger partial charge in [0.25, 0.3) is 0 Å². The number of alkyl halides is 3. The summed E-state index contributed by atoms with van der Waals surface area (Å²) >= 11 is 0. The molecule has 1 aliphatic rings. The number of rotatable bonds is 3. The fourth-order valence-corrected chi connectivity index (χ4v) is 3.18. The van der Waals surface area contributed by atoms with Gasteiger partial charge in [-0.05, 0) is 23.8 Å². The average Bonchev–Trinajstić information content (AvgIpc) is 2.92. The number of anilines is 1. The molecule has 2 aromatic carbocycles. The maximum Gasteiger partial charge on any atom is 0.416 e. The number of para-hydroxylation sites is 1. The number of halogens is 4. The van der Waals surface area contributed by atoms with Crippen LogP contribution in [0.5, 0.6) is 0 Å². The lowest BCUT2D eigenvalue weighted by molar-refractivity contribution is -0.137. The van der Waals surface area contributed by atoms with Crippen LogP contribution in [-0.4, -0.2) is 18.4 Å². The fraction of sp³-hybridized carbons (Fsp3) is 0.222. The predicted octanol–water partition coefficient (Wildman–Crippen LogP) is 3.08. The van der Waals surface area contributed by atoms with Crippen LogP contribution in [-0.2, 0) is 15.8 Å². The minimum absolute atomic E-state index is 0.0433. The van der Waals surface area contributed by atoms with Crippen LogP contribution >= 0.6 is 0 Å². The van der Waals surface area contributed by atoms with E-state index in [4.69, 9.17) is 5.73 Å². The minimum atomic E-state index is -4.56. The Labute approximate surface area is 146 Å². The van der Waals surface area contributed by atoms with Gasteiger partial charge in [0.1, 0.15) is 11.7 Å². The third kappa shape index (κ3) is 3.14. The summed E-state index contributed by atoms with van der Waals surface area (Å²) in [4.78, 5) is 25.5. The van der Waals surface area contributed by atoms with Crippen LogP contribution in [0.1, 0.15) is 17.0 Å². The van der Waals surface area contributed by atoms with Crippen molar-refractivity contribution in [3.05, 3.63) is 65.5 Å². The number of hydrogen-bond acceptors (Lipinski definition) is 2. The SMILES string of the molecule is NC(=O)[C@@H]1C(=O)N(c2ccccc2F)C[C@@H]1c1cccc(C(F)(F)F)c1. The normalized spacial score (nSPS) is 20.5. The quantitative estimate of drug-likeness (QED) is 0.670. The van der Waals surface area contributed by atoms with E-state index in [0.29, 0.717) is 0 Å². The number of nitrogens with zero attached hydrogens (tertiary/aromatic N) is 1. The van der Waals surface area contributed by atoms with Gasteiger partial charge in [0.2, 0.25) is 11.8 Å². The Hall–Kier alpha value is -2.90. The molecule has 0 saturated carbocycles. The average molecular weight is 366 g/mol. The van der Waals surface area contributed by atoms with E-state index in [1.807, 2.05) is 0 Å². The molecule has 3 rings (SSSR count). The molecule has 0 bridgehead atoms. The van der Waals surface area contributed by atoms with Gasteiger partial charge in [-0.1, -0.05) is 30.3 Å². The van der Waals surface area contributed by atoms with Crippen molar-refractivity contribution < 1.29 is 27.2 Å². The molecule has 1 fully saturated rings. The highest BCUT2D eigenvalue weighted by Crippen LogP contribution is 2.39. The number of carbonyl (C=O) groups is 2. The predicted molar refractivity (Wildman–Crippen MR) is 85.6 cm³/mol. The molecule has 2 atom stereocenters. The summed E-state index contributed by atoms with van der Waals surface area (Å²) < 4.78 is 52.9. The lowest BCUT2D eigenvalue weighted by Gasteiger charge is -2.18. The Morgan fingerprint density at radius 2 is 1.81 bits per heavy atom. The molecule has 8 heteroatoms. The molecule has 0 spiro atoms. The van der Waals surface area contributed by atoms with Crippen molar-refractivity contribution in [2.75, 3.05) is 11.4 Å². The Balaban J connectivity index is 2.03. The van der Waals surface area contributed by atoms with Crippen molar-refractivity contribution in [1.82, 2.24) is 0 Å². The van der Waals surface area contributed by atoms with Gasteiger partial charge in [-0.3, -0.25) is 9.59 Å². The number of nitrogens with two attached hydrogens (primary N) is 1. The maximum absolute atomic E-state index is 14.0. The van der Waals surface area contributed by atoms with E-state index in [0.717, 1.165) is 23.1 Å². The summed E-state index contributed by atoms with van der Waals surface area (Å²) in [6, 6.07) is 9.85. The molecule has 0 aliphatic carbocycles. The van der Waals surface area contributed by atoms with Crippen molar-refractivity contribution in [3.8, 4) is 0 Å². The van der Waals surface area contributed by atoms with E-state index in [2.05, 4.69) is 0 Å². The van der Waals surface area contributed by atoms with Crippen LogP contribution in [0.3, 0.4) is 0 Å². The molecule has 26 heavy (non-hydrogen) atoms. The first-order valence-corrected chi connectivity index (χ1v) is 7.72. The van der Waals surface area contributed by atoms with Crippen molar-refractivity contribution in [2.24, 2.45) is 11.7 Å². The summed E-state index contributed by atoms with van der Waals surface area (Å²) in [5.41, 5.74) is 4.53. The Morgan fingerprint density at radius 3 is 2.42 bits per heavy atom. The van der Waals surface area contributed by atoms with Gasteiger partial charge in [-0.15, -0.1) is 0 Å². The number of benzene rings is 2. The smallest absolute Gasteiger partial charge is 0.369 e. The lowest BCUT2D eigenvalue weighted by atomic mass is 9.87. The summed E-state index contributed by atoms with van der Waals surface area (Å²) in [5.74, 6) is -4.63. The number of carbonyl (C=O) groups excluding carboxylic acids is 2. The van der Waals surface area contributed by atoms with Crippen molar-refractivity contribution in [2.45, 2.75) is 12.1 Å². The van der Waals surface area contributed by atoms with E-state index in [9.17, 15) is 27.2 Å². The first-order valence-electron chi connectivity index (χ1n) is 7.72. The van der Waals surface area contributed by atoms with Gasteiger partial charge in [-0.2, -0.15) is 13.2 Å². The van der Waals surface area contributed by atoms with Crippen LogP contribution in [0.25, 0.3) is 0 Å². The Kier molecular flexibility index (Phi) is 4.43. The van der Waals surface area contributed by atoms with Crippen LogP contribution in [0.15, 0.2) is 48.5 Å². The first kappa shape index (κ1) is 17.9. The van der Waals surface area contributed by atoms with E-state index in [-0.39, 0.29) is 17.8 Å². The number of hydrogen-bond donors (Lipinski definition) is 1. The number of primary amides is 1. The molecular weight excluding hydrogens is 352 g/mol. The largest absolute Gasteiger partial charge is 0.416 e. The van der Waals surface area contributed by atoms with Gasteiger partial charge >= 0.3 is 6.18 Å².